The van der Waals surface area contributed by atoms with Crippen molar-refractivity contribution in [3.63, 3.8) is 0 Å². The van der Waals surface area contributed by atoms with Crippen molar-refractivity contribution in [2.45, 2.75) is 13.0 Å². The Kier molecular flexibility index (Phi) is 18.0. The fraction of sp³-hybridized carbons (Fsp3) is 0.0870. The fourth-order valence-electron chi connectivity index (χ4n) is 2.16. The van der Waals surface area contributed by atoms with E-state index in [-0.39, 0.29) is 57.5 Å². The molecule has 0 saturated heterocycles. The molecule has 0 saturated carbocycles. The summed E-state index contributed by atoms with van der Waals surface area (Å²) in [5.74, 6) is -0.300. The number of ether oxygens (including phenoxy) is 1. The van der Waals surface area contributed by atoms with Crippen molar-refractivity contribution >= 4 is 12.4 Å². The van der Waals surface area contributed by atoms with Crippen molar-refractivity contribution in [1.82, 2.24) is 0 Å². The van der Waals surface area contributed by atoms with Gasteiger partial charge in [0, 0.05) is 6.61 Å². The van der Waals surface area contributed by atoms with Crippen LogP contribution in [0.25, 0.3) is 17.2 Å². The number of hydrogen-bond acceptors (Lipinski definition) is 3. The second-order valence-corrected chi connectivity index (χ2v) is 5.20. The Morgan fingerprint density at radius 2 is 1.81 bits per heavy atom. The van der Waals surface area contributed by atoms with Gasteiger partial charge >= 0.3 is 44.1 Å². The monoisotopic (exact) mass is 415 g/mol. The summed E-state index contributed by atoms with van der Waals surface area (Å²) in [6.45, 7) is 12.0. The Bertz CT molecular complexity index is 840. The van der Waals surface area contributed by atoms with Gasteiger partial charge in [-0.15, -0.1) is 30.4 Å². The minimum absolute atomic E-state index is 0. The first-order chi connectivity index (χ1) is 13.3. The molecule has 8 heteroatoms. The molecule has 2 rings (SSSR count). The molecule has 0 aliphatic carbocycles. The Balaban J connectivity index is -0.00000103. The first-order valence-corrected chi connectivity index (χ1v) is 7.84. The molecule has 0 aliphatic heterocycles. The van der Waals surface area contributed by atoms with Crippen molar-refractivity contribution in [3.05, 3.63) is 98.8 Å². The summed E-state index contributed by atoms with van der Waals surface area (Å²) in [4.78, 5) is 8.93. The minimum atomic E-state index is -4.73. The molecule has 0 amide bonds. The third kappa shape index (κ3) is 11.8. The van der Waals surface area contributed by atoms with Crippen LogP contribution < -0.4 is 42.5 Å². The number of rotatable bonds is 6. The van der Waals surface area contributed by atoms with Crippen LogP contribution >= 0.6 is 0 Å². The number of aliphatic hydroxyl groups excluding tert-OH is 1. The summed E-state index contributed by atoms with van der Waals surface area (Å²) >= 11 is 0. The number of halogens is 3. The molecule has 2 aromatic rings. The SMILES string of the molecule is C=C[C-]=O.[CH-]=C/C=C\c1[c-]c(-c2ccc(OC(F)(F)F)cc2)cc([CH2-])c1CO.[CH3-].[Li+].[Li+]. The van der Waals surface area contributed by atoms with Crippen molar-refractivity contribution in [2.75, 3.05) is 0 Å². The maximum Gasteiger partial charge on any atom is 1.00 e. The van der Waals surface area contributed by atoms with Gasteiger partial charge in [0.1, 0.15) is 5.75 Å². The molecule has 2 aromatic carbocycles. The first-order valence-electron chi connectivity index (χ1n) is 7.84. The minimum Gasteiger partial charge on any atom is -0.419 e. The van der Waals surface area contributed by atoms with E-state index < -0.39 is 6.36 Å². The van der Waals surface area contributed by atoms with Crippen LogP contribution in [0, 0.1) is 27.0 Å². The molecule has 0 atom stereocenters. The maximum atomic E-state index is 12.2. The Morgan fingerprint density at radius 1 is 1.26 bits per heavy atom. The van der Waals surface area contributed by atoms with Crippen molar-refractivity contribution in [2.24, 2.45) is 0 Å². The van der Waals surface area contributed by atoms with Crippen LogP contribution in [-0.2, 0) is 11.4 Å². The summed E-state index contributed by atoms with van der Waals surface area (Å²) in [6.07, 6.45) is 2.39. The number of carbonyl (C=O) groups excluding carboxylic acids is 1. The molecule has 31 heavy (non-hydrogen) atoms. The van der Waals surface area contributed by atoms with Crippen LogP contribution in [0.3, 0.4) is 0 Å². The van der Waals surface area contributed by atoms with Crippen LogP contribution in [0.1, 0.15) is 16.7 Å². The van der Waals surface area contributed by atoms with E-state index in [1.54, 1.807) is 18.2 Å². The van der Waals surface area contributed by atoms with E-state index in [1.165, 1.54) is 36.6 Å². The Labute approximate surface area is 206 Å². The third-order valence-corrected chi connectivity index (χ3v) is 3.31. The number of alkyl halides is 3. The van der Waals surface area contributed by atoms with Crippen LogP contribution in [0.2, 0.25) is 0 Å². The number of benzene rings is 2. The van der Waals surface area contributed by atoms with E-state index in [4.69, 9.17) is 11.4 Å². The van der Waals surface area contributed by atoms with Gasteiger partial charge in [-0.2, -0.15) is 24.1 Å². The summed E-state index contributed by atoms with van der Waals surface area (Å²) < 4.78 is 40.4. The van der Waals surface area contributed by atoms with E-state index in [0.717, 1.165) is 6.08 Å². The molecule has 3 nitrogen and oxygen atoms in total. The van der Waals surface area contributed by atoms with Gasteiger partial charge in [0.25, 0.3) is 0 Å². The second kappa shape index (κ2) is 16.6. The van der Waals surface area contributed by atoms with E-state index >= 15 is 0 Å². The van der Waals surface area contributed by atoms with Crippen molar-refractivity contribution < 1.29 is 65.5 Å². The number of hydrogen-bond donors (Lipinski definition) is 1. The largest absolute Gasteiger partial charge is 1.00 e. The first kappa shape index (κ1) is 33.6. The van der Waals surface area contributed by atoms with E-state index in [0.29, 0.717) is 27.8 Å². The average Bonchev–Trinajstić information content (AvgIpc) is 2.65. The second-order valence-electron chi connectivity index (χ2n) is 5.20. The van der Waals surface area contributed by atoms with Crippen LogP contribution in [0.5, 0.6) is 5.75 Å². The molecule has 1 N–H and O–H groups in total. The summed E-state index contributed by atoms with van der Waals surface area (Å²) in [6, 6.07) is 10.2. The predicted octanol–water partition coefficient (Wildman–Crippen LogP) is -0.530. The standard InChI is InChI=1S/C19H14F3O2.C3H3O.CH3.2Li/c1-3-4-5-15-11-16(10-13(2)18(15)12-23)14-6-8-17(9-7-14)24-19(20,21)22;1-2-3-4;;;/h1,3-10,23H,2,12H2;2H,1H2;1H3;;/q-3;2*-1;2*+1/b5-4-;;;;. The summed E-state index contributed by atoms with van der Waals surface area (Å²) in [5.41, 5.74) is 3.09. The zero-order valence-electron chi connectivity index (χ0n) is 17.8. The van der Waals surface area contributed by atoms with Gasteiger partial charge in [-0.05, 0) is 18.4 Å². The van der Waals surface area contributed by atoms with Gasteiger partial charge < -0.3 is 22.1 Å². The van der Waals surface area contributed by atoms with Crippen LogP contribution in [0.15, 0.2) is 55.1 Å². The summed E-state index contributed by atoms with van der Waals surface area (Å²) in [5, 5.41) is 9.45. The van der Waals surface area contributed by atoms with E-state index in [2.05, 4.69) is 24.3 Å². The van der Waals surface area contributed by atoms with Gasteiger partial charge in [0.15, 0.2) is 0 Å². The fourth-order valence-corrected chi connectivity index (χ4v) is 2.16. The molecule has 0 fully saturated rings. The molecule has 0 aliphatic rings. The number of aliphatic hydroxyl groups is 1. The van der Waals surface area contributed by atoms with Gasteiger partial charge in [0.2, 0.25) is 0 Å². The molecular formula is C23H20F3Li2O3-3. The molecular weight excluding hydrogens is 395 g/mol. The molecule has 0 aromatic heterocycles. The van der Waals surface area contributed by atoms with Gasteiger partial charge in [-0.3, -0.25) is 6.58 Å². The molecule has 0 spiro atoms. The van der Waals surface area contributed by atoms with Crippen LogP contribution in [0.4, 0.5) is 13.2 Å². The Morgan fingerprint density at radius 3 is 2.23 bits per heavy atom. The molecule has 0 heterocycles. The van der Waals surface area contributed by atoms with Crippen molar-refractivity contribution in [1.29, 1.82) is 0 Å². The zero-order chi connectivity index (χ0) is 21.2. The van der Waals surface area contributed by atoms with Gasteiger partial charge in [-0.1, -0.05) is 17.7 Å². The average molecular weight is 415 g/mol. The summed E-state index contributed by atoms with van der Waals surface area (Å²) in [7, 11) is 0. The van der Waals surface area contributed by atoms with E-state index in [1.807, 2.05) is 0 Å². The third-order valence-electron chi connectivity index (χ3n) is 3.31. The Hall–Kier alpha value is -2.06. The number of allylic oxidation sites excluding steroid dienone is 3. The molecule has 0 radical (unpaired) electrons. The normalized spacial score (nSPS) is 9.68. The van der Waals surface area contributed by atoms with Crippen LogP contribution in [-0.4, -0.2) is 17.8 Å². The van der Waals surface area contributed by atoms with Crippen molar-refractivity contribution in [3.8, 4) is 16.9 Å². The van der Waals surface area contributed by atoms with E-state index in [9.17, 15) is 18.3 Å². The quantitative estimate of drug-likeness (QED) is 0.299. The zero-order valence-corrected chi connectivity index (χ0v) is 17.8. The topological polar surface area (TPSA) is 46.5 Å². The maximum absolute atomic E-state index is 12.2. The van der Waals surface area contributed by atoms with Gasteiger partial charge in [-0.25, -0.2) is 30.9 Å². The predicted molar refractivity (Wildman–Crippen MR) is 108 cm³/mol. The molecule has 0 bridgehead atoms. The smallest absolute Gasteiger partial charge is 0.419 e. The molecule has 0 unspecified atom stereocenters. The van der Waals surface area contributed by atoms with Gasteiger partial charge in [0.05, 0.1) is 0 Å². The molecule has 156 valence electrons.